The largest absolute Gasteiger partial charge is 0.507 e. The molecule has 6 rings (SSSR count). The Labute approximate surface area is 210 Å². The summed E-state index contributed by atoms with van der Waals surface area (Å²) in [6.45, 7) is 2.76. The number of aryl methyl sites for hydroxylation is 1. The number of rotatable bonds is 7. The van der Waals surface area contributed by atoms with E-state index in [1.807, 2.05) is 12.3 Å². The summed E-state index contributed by atoms with van der Waals surface area (Å²) in [5, 5.41) is 22.1. The number of benzene rings is 2. The van der Waals surface area contributed by atoms with Gasteiger partial charge in [-0.15, -0.1) is 0 Å². The molecule has 4 saturated carbocycles. The summed E-state index contributed by atoms with van der Waals surface area (Å²) in [5.74, 6) is 4.50. The number of phenols is 2. The Kier molecular flexibility index (Phi) is 6.63. The van der Waals surface area contributed by atoms with Gasteiger partial charge in [0.1, 0.15) is 11.5 Å². The highest BCUT2D eigenvalue weighted by atomic mass is 35.5. The van der Waals surface area contributed by atoms with E-state index in [0.29, 0.717) is 23.1 Å². The van der Waals surface area contributed by atoms with Gasteiger partial charge in [-0.2, -0.15) is 11.8 Å². The maximum absolute atomic E-state index is 11.3. The second kappa shape index (κ2) is 9.36. The van der Waals surface area contributed by atoms with Gasteiger partial charge in [-0.05, 0) is 92.4 Å². The first-order valence-electron chi connectivity index (χ1n) is 11.9. The summed E-state index contributed by atoms with van der Waals surface area (Å²) in [5.41, 5.74) is 4.11. The molecule has 176 valence electrons. The number of aliphatic imine (C=N–C) groups is 1. The third-order valence-electron chi connectivity index (χ3n) is 7.85. The molecule has 0 radical (unpaired) electrons. The molecule has 0 heterocycles. The molecule has 4 fully saturated rings. The van der Waals surface area contributed by atoms with Crippen molar-refractivity contribution >= 4 is 41.2 Å². The van der Waals surface area contributed by atoms with Crippen molar-refractivity contribution in [3.05, 3.63) is 56.6 Å². The molecule has 0 saturated heterocycles. The summed E-state index contributed by atoms with van der Waals surface area (Å²) < 4.78 is 0. The molecule has 0 spiro atoms. The molecule has 0 amide bonds. The van der Waals surface area contributed by atoms with E-state index >= 15 is 0 Å². The van der Waals surface area contributed by atoms with Gasteiger partial charge in [0.2, 0.25) is 0 Å². The van der Waals surface area contributed by atoms with Gasteiger partial charge >= 0.3 is 0 Å². The number of hydrogen-bond acceptors (Lipinski definition) is 4. The number of hydrogen-bond donors (Lipinski definition) is 2. The Morgan fingerprint density at radius 3 is 2.33 bits per heavy atom. The highest BCUT2D eigenvalue weighted by Gasteiger charge is 2.52. The van der Waals surface area contributed by atoms with E-state index in [1.165, 1.54) is 49.7 Å². The number of phenolic OH excluding ortho intramolecular Hbond substituents is 2. The topological polar surface area (TPSA) is 52.8 Å². The van der Waals surface area contributed by atoms with Crippen molar-refractivity contribution in [3.8, 4) is 11.5 Å². The average molecular weight is 505 g/mol. The summed E-state index contributed by atoms with van der Waals surface area (Å²) >= 11 is 13.7. The van der Waals surface area contributed by atoms with Crippen LogP contribution in [-0.4, -0.2) is 28.7 Å². The minimum absolute atomic E-state index is 0.0963. The minimum atomic E-state index is 0.0963. The number of halogens is 2. The van der Waals surface area contributed by atoms with E-state index in [0.717, 1.165) is 34.6 Å². The van der Waals surface area contributed by atoms with E-state index in [2.05, 4.69) is 18.0 Å². The first-order chi connectivity index (χ1) is 15.8. The van der Waals surface area contributed by atoms with Crippen LogP contribution in [0.3, 0.4) is 0 Å². The summed E-state index contributed by atoms with van der Waals surface area (Å²) in [7, 11) is 0. The Morgan fingerprint density at radius 1 is 1.00 bits per heavy atom. The van der Waals surface area contributed by atoms with Crippen molar-refractivity contribution in [1.82, 2.24) is 0 Å². The predicted molar refractivity (Wildman–Crippen MR) is 139 cm³/mol. The fourth-order valence-electron chi connectivity index (χ4n) is 6.94. The molecule has 2 N–H and O–H groups in total. The smallest absolute Gasteiger partial charge is 0.138 e. The van der Waals surface area contributed by atoms with Gasteiger partial charge in [-0.1, -0.05) is 29.3 Å². The van der Waals surface area contributed by atoms with Gasteiger partial charge in [-0.25, -0.2) is 0 Å². The molecule has 3 nitrogen and oxygen atoms in total. The van der Waals surface area contributed by atoms with Gasteiger partial charge in [0.05, 0.1) is 5.02 Å². The fourth-order valence-corrected chi connectivity index (χ4v) is 8.30. The van der Waals surface area contributed by atoms with E-state index < -0.39 is 0 Å². The van der Waals surface area contributed by atoms with E-state index in [4.69, 9.17) is 23.2 Å². The molecule has 0 atom stereocenters. The van der Waals surface area contributed by atoms with Crippen LogP contribution in [-0.2, 0) is 11.2 Å². The maximum Gasteiger partial charge on any atom is 0.138 e. The zero-order chi connectivity index (χ0) is 23.2. The molecule has 2 aromatic rings. The molecule has 0 unspecified atom stereocenters. The zero-order valence-electron chi connectivity index (χ0n) is 19.0. The lowest BCUT2D eigenvalue weighted by Crippen LogP contribution is -2.48. The lowest BCUT2D eigenvalue weighted by Gasteiger charge is -2.57. The molecule has 0 aliphatic heterocycles. The van der Waals surface area contributed by atoms with Crippen LogP contribution < -0.4 is 0 Å². The lowest BCUT2D eigenvalue weighted by atomic mass is 9.48. The fraction of sp³-hybridized carbons (Fsp3) is 0.519. The Bertz CT molecular complexity index is 1050. The lowest BCUT2D eigenvalue weighted by molar-refractivity contribution is -0.00616. The molecule has 2 aromatic carbocycles. The molecule has 4 bridgehead atoms. The van der Waals surface area contributed by atoms with E-state index in [9.17, 15) is 10.2 Å². The SMILES string of the molecule is Cc1cc(C=NCCSCc2cc(Cl)cc(Cl)c2O)c(O)c(C23CC4CC(CC(C4)C2)C3)c1. The third-order valence-corrected chi connectivity index (χ3v) is 9.35. The average Bonchev–Trinajstić information content (AvgIpc) is 2.74. The van der Waals surface area contributed by atoms with Crippen molar-refractivity contribution in [2.24, 2.45) is 22.7 Å². The van der Waals surface area contributed by atoms with Crippen LogP contribution in [0.5, 0.6) is 11.5 Å². The first kappa shape index (κ1) is 23.4. The van der Waals surface area contributed by atoms with Crippen LogP contribution in [0, 0.1) is 24.7 Å². The van der Waals surface area contributed by atoms with Crippen LogP contribution in [0.4, 0.5) is 0 Å². The first-order valence-corrected chi connectivity index (χ1v) is 13.8. The number of thioether (sulfide) groups is 1. The minimum Gasteiger partial charge on any atom is -0.507 e. The Morgan fingerprint density at radius 2 is 1.67 bits per heavy atom. The predicted octanol–water partition coefficient (Wildman–Crippen LogP) is 7.53. The Hall–Kier alpha value is -1.36. The van der Waals surface area contributed by atoms with Gasteiger partial charge in [0.15, 0.2) is 0 Å². The van der Waals surface area contributed by atoms with Crippen molar-refractivity contribution < 1.29 is 10.2 Å². The molecule has 0 aromatic heterocycles. The maximum atomic E-state index is 11.3. The number of aromatic hydroxyl groups is 2. The second-order valence-electron chi connectivity index (χ2n) is 10.4. The molecule has 33 heavy (non-hydrogen) atoms. The van der Waals surface area contributed by atoms with Crippen LogP contribution in [0.25, 0.3) is 0 Å². The molecular formula is C27H31Cl2NO2S. The summed E-state index contributed by atoms with van der Waals surface area (Å²) in [6, 6.07) is 7.57. The van der Waals surface area contributed by atoms with Gasteiger partial charge < -0.3 is 10.2 Å². The van der Waals surface area contributed by atoms with Gasteiger partial charge in [-0.3, -0.25) is 4.99 Å². The summed E-state index contributed by atoms with van der Waals surface area (Å²) in [4.78, 5) is 4.60. The van der Waals surface area contributed by atoms with Crippen molar-refractivity contribution in [2.45, 2.75) is 56.6 Å². The zero-order valence-corrected chi connectivity index (χ0v) is 21.3. The summed E-state index contributed by atoms with van der Waals surface area (Å²) in [6.07, 6.45) is 9.75. The molecule has 4 aliphatic rings. The van der Waals surface area contributed by atoms with Crippen molar-refractivity contribution in [3.63, 3.8) is 0 Å². The highest BCUT2D eigenvalue weighted by molar-refractivity contribution is 7.98. The Balaban J connectivity index is 1.24. The van der Waals surface area contributed by atoms with Crippen LogP contribution in [0.15, 0.2) is 29.3 Å². The van der Waals surface area contributed by atoms with E-state index in [-0.39, 0.29) is 16.2 Å². The number of nitrogens with zero attached hydrogens (tertiary/aromatic N) is 1. The van der Waals surface area contributed by atoms with Gasteiger partial charge in [0, 0.05) is 46.0 Å². The van der Waals surface area contributed by atoms with Crippen LogP contribution >= 0.6 is 35.0 Å². The highest BCUT2D eigenvalue weighted by Crippen LogP contribution is 2.62. The molecular weight excluding hydrogens is 473 g/mol. The molecule has 6 heteroatoms. The quantitative estimate of drug-likeness (QED) is 0.303. The third kappa shape index (κ3) is 4.76. The second-order valence-corrected chi connectivity index (χ2v) is 12.4. The van der Waals surface area contributed by atoms with Crippen molar-refractivity contribution in [1.29, 1.82) is 0 Å². The normalized spacial score (nSPS) is 28.2. The van der Waals surface area contributed by atoms with Crippen LogP contribution in [0.1, 0.15) is 60.8 Å². The van der Waals surface area contributed by atoms with E-state index in [1.54, 1.807) is 23.9 Å². The van der Waals surface area contributed by atoms with Gasteiger partial charge in [0.25, 0.3) is 0 Å². The standard InChI is InChI=1S/C27H31Cl2NO2S/c1-16-4-20(14-30-2-3-33-15-21-9-22(28)10-24(29)26(21)32)25(31)23(5-16)27-11-17-6-18(12-27)8-19(7-17)13-27/h4-5,9-10,14,17-19,31-32H,2-3,6-8,11-13,15H2,1H3. The van der Waals surface area contributed by atoms with Crippen LogP contribution in [0.2, 0.25) is 10.0 Å². The molecule has 4 aliphatic carbocycles. The monoisotopic (exact) mass is 503 g/mol. The van der Waals surface area contributed by atoms with Crippen molar-refractivity contribution in [2.75, 3.05) is 12.3 Å².